The van der Waals surface area contributed by atoms with Crippen molar-refractivity contribution >= 4 is 11.6 Å². The van der Waals surface area contributed by atoms with E-state index >= 15 is 0 Å². The molecule has 1 N–H and O–H groups in total. The van der Waals surface area contributed by atoms with Crippen LogP contribution in [-0.2, 0) is 13.0 Å². The summed E-state index contributed by atoms with van der Waals surface area (Å²) in [5, 5.41) is 3.57. The molecule has 144 valence electrons. The average Bonchev–Trinajstić information content (AvgIpc) is 2.74. The SMILES string of the molecule is COc1ccc(C(C)Nc2ncnc3c2CN(c2ccc(C)cn2)CC3)cc1. The summed E-state index contributed by atoms with van der Waals surface area (Å²) in [6.07, 6.45) is 4.46. The monoisotopic (exact) mass is 375 g/mol. The van der Waals surface area contributed by atoms with Crippen LogP contribution in [0.4, 0.5) is 11.6 Å². The smallest absolute Gasteiger partial charge is 0.135 e. The normalized spacial score (nSPS) is 14.3. The fraction of sp³-hybridized carbons (Fsp3) is 0.318. The minimum Gasteiger partial charge on any atom is -0.497 e. The van der Waals surface area contributed by atoms with Gasteiger partial charge in [-0.3, -0.25) is 0 Å². The standard InChI is InChI=1S/C22H25N5O/c1-15-4-9-21(23-12-15)27-11-10-20-19(13-27)22(25-14-24-20)26-16(2)17-5-7-18(28-3)8-6-17/h4-9,12,14,16H,10-11,13H2,1-3H3,(H,24,25,26). The Bertz CT molecular complexity index is 940. The van der Waals surface area contributed by atoms with Gasteiger partial charge in [-0.05, 0) is 43.2 Å². The number of aromatic nitrogens is 3. The highest BCUT2D eigenvalue weighted by Crippen LogP contribution is 2.28. The van der Waals surface area contributed by atoms with Gasteiger partial charge in [0.05, 0.1) is 12.8 Å². The Morgan fingerprint density at radius 2 is 1.89 bits per heavy atom. The number of fused-ring (bicyclic) bond motifs is 1. The van der Waals surface area contributed by atoms with E-state index in [0.29, 0.717) is 0 Å². The van der Waals surface area contributed by atoms with Gasteiger partial charge >= 0.3 is 0 Å². The van der Waals surface area contributed by atoms with Crippen LogP contribution in [0.25, 0.3) is 0 Å². The predicted octanol–water partition coefficient (Wildman–Crippen LogP) is 3.92. The molecule has 1 aromatic carbocycles. The summed E-state index contributed by atoms with van der Waals surface area (Å²) in [5.41, 5.74) is 4.61. The van der Waals surface area contributed by atoms with E-state index < -0.39 is 0 Å². The molecule has 3 heterocycles. The van der Waals surface area contributed by atoms with Crippen molar-refractivity contribution in [2.45, 2.75) is 32.9 Å². The lowest BCUT2D eigenvalue weighted by molar-refractivity contribution is 0.414. The molecule has 4 rings (SSSR count). The predicted molar refractivity (Wildman–Crippen MR) is 111 cm³/mol. The number of aryl methyl sites for hydroxylation is 1. The van der Waals surface area contributed by atoms with Crippen LogP contribution >= 0.6 is 0 Å². The molecule has 28 heavy (non-hydrogen) atoms. The molecule has 0 bridgehead atoms. The fourth-order valence-electron chi connectivity index (χ4n) is 3.49. The van der Waals surface area contributed by atoms with Gasteiger partial charge in [-0.15, -0.1) is 0 Å². The molecule has 1 atom stereocenters. The van der Waals surface area contributed by atoms with E-state index in [2.05, 4.69) is 63.3 Å². The van der Waals surface area contributed by atoms with Gasteiger partial charge in [0.2, 0.25) is 0 Å². The lowest BCUT2D eigenvalue weighted by Gasteiger charge is -2.30. The number of nitrogens with one attached hydrogen (secondary N) is 1. The number of pyridine rings is 1. The molecule has 3 aromatic rings. The highest BCUT2D eigenvalue weighted by atomic mass is 16.5. The number of anilines is 2. The highest BCUT2D eigenvalue weighted by Gasteiger charge is 2.22. The summed E-state index contributed by atoms with van der Waals surface area (Å²) in [7, 11) is 1.68. The molecule has 1 aliphatic heterocycles. The number of methoxy groups -OCH3 is 1. The molecule has 0 saturated heterocycles. The van der Waals surface area contributed by atoms with Crippen LogP contribution in [0.15, 0.2) is 48.9 Å². The van der Waals surface area contributed by atoms with Crippen LogP contribution in [-0.4, -0.2) is 28.6 Å². The fourth-order valence-corrected chi connectivity index (χ4v) is 3.49. The molecular weight excluding hydrogens is 350 g/mol. The maximum Gasteiger partial charge on any atom is 0.135 e. The van der Waals surface area contributed by atoms with Crippen LogP contribution in [0.2, 0.25) is 0 Å². The zero-order chi connectivity index (χ0) is 19.5. The minimum absolute atomic E-state index is 0.123. The quantitative estimate of drug-likeness (QED) is 0.729. The van der Waals surface area contributed by atoms with Crippen LogP contribution in [0.1, 0.15) is 35.3 Å². The largest absolute Gasteiger partial charge is 0.497 e. The molecular formula is C22H25N5O. The molecule has 2 aromatic heterocycles. The van der Waals surface area contributed by atoms with Crippen molar-refractivity contribution in [3.8, 4) is 5.75 Å². The first-order valence-corrected chi connectivity index (χ1v) is 9.55. The Labute approximate surface area is 165 Å². The van der Waals surface area contributed by atoms with E-state index in [1.807, 2.05) is 18.3 Å². The molecule has 1 aliphatic rings. The third-order valence-corrected chi connectivity index (χ3v) is 5.19. The van der Waals surface area contributed by atoms with Gasteiger partial charge in [0.15, 0.2) is 0 Å². The van der Waals surface area contributed by atoms with Crippen LogP contribution < -0.4 is 15.0 Å². The number of nitrogens with zero attached hydrogens (tertiary/aromatic N) is 4. The Hall–Kier alpha value is -3.15. The number of hydrogen-bond donors (Lipinski definition) is 1. The average molecular weight is 375 g/mol. The maximum absolute atomic E-state index is 5.25. The lowest BCUT2D eigenvalue weighted by atomic mass is 10.0. The van der Waals surface area contributed by atoms with Crippen molar-refractivity contribution in [3.05, 3.63) is 71.3 Å². The van der Waals surface area contributed by atoms with Gasteiger partial charge in [0, 0.05) is 37.3 Å². The Morgan fingerprint density at radius 1 is 1.07 bits per heavy atom. The number of hydrogen-bond acceptors (Lipinski definition) is 6. The van der Waals surface area contributed by atoms with Gasteiger partial charge in [-0.2, -0.15) is 0 Å². The summed E-state index contributed by atoms with van der Waals surface area (Å²) >= 11 is 0. The third-order valence-electron chi connectivity index (χ3n) is 5.19. The van der Waals surface area contributed by atoms with Gasteiger partial charge in [0.1, 0.15) is 23.7 Å². The summed E-state index contributed by atoms with van der Waals surface area (Å²) in [4.78, 5) is 15.9. The van der Waals surface area contributed by atoms with Crippen molar-refractivity contribution in [2.75, 3.05) is 23.9 Å². The van der Waals surface area contributed by atoms with Gasteiger partial charge in [-0.1, -0.05) is 18.2 Å². The summed E-state index contributed by atoms with van der Waals surface area (Å²) < 4.78 is 5.25. The Kier molecular flexibility index (Phi) is 5.10. The second-order valence-corrected chi connectivity index (χ2v) is 7.15. The number of benzene rings is 1. The van der Waals surface area contributed by atoms with Crippen LogP contribution in [0, 0.1) is 6.92 Å². The van der Waals surface area contributed by atoms with E-state index in [9.17, 15) is 0 Å². The molecule has 6 heteroatoms. The second kappa shape index (κ2) is 7.84. The van der Waals surface area contributed by atoms with Crippen LogP contribution in [0.5, 0.6) is 5.75 Å². The first-order chi connectivity index (χ1) is 13.6. The topological polar surface area (TPSA) is 63.2 Å². The Balaban J connectivity index is 1.55. The third kappa shape index (κ3) is 3.76. The maximum atomic E-state index is 5.25. The van der Waals surface area contributed by atoms with Gasteiger partial charge < -0.3 is 15.0 Å². The van der Waals surface area contributed by atoms with Crippen molar-refractivity contribution in [1.82, 2.24) is 15.0 Å². The molecule has 0 radical (unpaired) electrons. The highest BCUT2D eigenvalue weighted by molar-refractivity contribution is 5.53. The second-order valence-electron chi connectivity index (χ2n) is 7.15. The first kappa shape index (κ1) is 18.2. The molecule has 0 aliphatic carbocycles. The molecule has 0 fully saturated rings. The molecule has 6 nitrogen and oxygen atoms in total. The van der Waals surface area contributed by atoms with E-state index in [1.54, 1.807) is 13.4 Å². The summed E-state index contributed by atoms with van der Waals surface area (Å²) in [6.45, 7) is 5.86. The van der Waals surface area contributed by atoms with Crippen molar-refractivity contribution in [3.63, 3.8) is 0 Å². The zero-order valence-corrected chi connectivity index (χ0v) is 16.5. The van der Waals surface area contributed by atoms with E-state index in [0.717, 1.165) is 48.2 Å². The number of ether oxygens (including phenoxy) is 1. The number of rotatable bonds is 5. The molecule has 0 saturated carbocycles. The van der Waals surface area contributed by atoms with E-state index in [-0.39, 0.29) is 6.04 Å². The van der Waals surface area contributed by atoms with Crippen molar-refractivity contribution in [2.24, 2.45) is 0 Å². The first-order valence-electron chi connectivity index (χ1n) is 9.55. The Morgan fingerprint density at radius 3 is 2.61 bits per heavy atom. The van der Waals surface area contributed by atoms with E-state index in [4.69, 9.17) is 4.74 Å². The van der Waals surface area contributed by atoms with Gasteiger partial charge in [0.25, 0.3) is 0 Å². The lowest BCUT2D eigenvalue weighted by Crippen LogP contribution is -2.32. The van der Waals surface area contributed by atoms with Crippen molar-refractivity contribution in [1.29, 1.82) is 0 Å². The van der Waals surface area contributed by atoms with Gasteiger partial charge in [-0.25, -0.2) is 15.0 Å². The molecule has 0 spiro atoms. The molecule has 1 unspecified atom stereocenters. The zero-order valence-electron chi connectivity index (χ0n) is 16.5. The summed E-state index contributed by atoms with van der Waals surface area (Å²) in [6, 6.07) is 12.4. The van der Waals surface area contributed by atoms with Crippen molar-refractivity contribution < 1.29 is 4.74 Å². The minimum atomic E-state index is 0.123. The summed E-state index contributed by atoms with van der Waals surface area (Å²) in [5.74, 6) is 2.75. The van der Waals surface area contributed by atoms with E-state index in [1.165, 1.54) is 11.1 Å². The molecule has 0 amide bonds. The van der Waals surface area contributed by atoms with Crippen LogP contribution in [0.3, 0.4) is 0 Å².